The van der Waals surface area contributed by atoms with Gasteiger partial charge in [-0.05, 0) is 20.5 Å². The van der Waals surface area contributed by atoms with Crippen LogP contribution in [0.2, 0.25) is 0 Å². The Labute approximate surface area is 92.9 Å². The third kappa shape index (κ3) is 3.34. The summed E-state index contributed by atoms with van der Waals surface area (Å²) in [5.41, 5.74) is 2.53. The summed E-state index contributed by atoms with van der Waals surface area (Å²) in [6.45, 7) is 7.50. The largest absolute Gasteiger partial charge is 0.344 e. The van der Waals surface area contributed by atoms with Gasteiger partial charge in [-0.25, -0.2) is 4.98 Å². The van der Waals surface area contributed by atoms with Crippen molar-refractivity contribution in [2.75, 3.05) is 14.1 Å². The number of aromatic nitrogens is 2. The van der Waals surface area contributed by atoms with Gasteiger partial charge in [0.15, 0.2) is 0 Å². The number of aryl methyl sites for hydroxylation is 1. The standard InChI is InChI=1S/C12H23N3/c1-6-7-10-11(8-15(4)5)14-12(13-10)9(2)3/h9H,6-8H2,1-5H3,(H,13,14). The summed E-state index contributed by atoms with van der Waals surface area (Å²) in [5, 5.41) is 0. The van der Waals surface area contributed by atoms with Gasteiger partial charge in [-0.15, -0.1) is 0 Å². The molecule has 0 radical (unpaired) electrons. The maximum atomic E-state index is 4.67. The lowest BCUT2D eigenvalue weighted by atomic mass is 10.2. The molecule has 0 spiro atoms. The molecule has 3 nitrogen and oxygen atoms in total. The number of hydrogen-bond donors (Lipinski definition) is 1. The lowest BCUT2D eigenvalue weighted by Gasteiger charge is -2.08. The van der Waals surface area contributed by atoms with Crippen molar-refractivity contribution in [1.29, 1.82) is 0 Å². The van der Waals surface area contributed by atoms with E-state index in [0.717, 1.165) is 25.2 Å². The van der Waals surface area contributed by atoms with Crippen molar-refractivity contribution in [2.45, 2.75) is 46.1 Å². The molecule has 0 saturated heterocycles. The highest BCUT2D eigenvalue weighted by atomic mass is 15.1. The highest BCUT2D eigenvalue weighted by Gasteiger charge is 2.11. The van der Waals surface area contributed by atoms with Crippen LogP contribution in [-0.2, 0) is 13.0 Å². The molecule has 15 heavy (non-hydrogen) atoms. The van der Waals surface area contributed by atoms with Gasteiger partial charge >= 0.3 is 0 Å². The van der Waals surface area contributed by atoms with Crippen molar-refractivity contribution in [3.63, 3.8) is 0 Å². The quantitative estimate of drug-likeness (QED) is 0.808. The van der Waals surface area contributed by atoms with E-state index in [1.165, 1.54) is 11.4 Å². The topological polar surface area (TPSA) is 31.9 Å². The first-order valence-electron chi connectivity index (χ1n) is 5.77. The van der Waals surface area contributed by atoms with E-state index >= 15 is 0 Å². The fourth-order valence-electron chi connectivity index (χ4n) is 1.63. The molecule has 0 fully saturated rings. The average Bonchev–Trinajstić information content (AvgIpc) is 2.48. The molecule has 0 aliphatic carbocycles. The van der Waals surface area contributed by atoms with E-state index in [4.69, 9.17) is 0 Å². The Morgan fingerprint density at radius 1 is 1.33 bits per heavy atom. The third-order valence-corrected chi connectivity index (χ3v) is 2.39. The van der Waals surface area contributed by atoms with Gasteiger partial charge in [-0.1, -0.05) is 27.2 Å². The third-order valence-electron chi connectivity index (χ3n) is 2.39. The van der Waals surface area contributed by atoms with Gasteiger partial charge in [-0.3, -0.25) is 0 Å². The summed E-state index contributed by atoms with van der Waals surface area (Å²) in [5.74, 6) is 1.60. The molecule has 0 aliphatic heterocycles. The van der Waals surface area contributed by atoms with E-state index < -0.39 is 0 Å². The van der Waals surface area contributed by atoms with Gasteiger partial charge in [0, 0.05) is 12.5 Å². The Morgan fingerprint density at radius 3 is 2.47 bits per heavy atom. The Balaban J connectivity index is 2.89. The van der Waals surface area contributed by atoms with Crippen LogP contribution in [0.5, 0.6) is 0 Å². The zero-order valence-corrected chi connectivity index (χ0v) is 10.6. The molecule has 3 heteroatoms. The average molecular weight is 209 g/mol. The van der Waals surface area contributed by atoms with Gasteiger partial charge in [0.2, 0.25) is 0 Å². The second-order valence-electron chi connectivity index (χ2n) is 4.69. The number of H-pyrrole nitrogens is 1. The maximum absolute atomic E-state index is 4.67. The molecular weight excluding hydrogens is 186 g/mol. The van der Waals surface area contributed by atoms with E-state index in [0.29, 0.717) is 5.92 Å². The Hall–Kier alpha value is -0.830. The molecule has 0 aromatic carbocycles. The van der Waals surface area contributed by atoms with Crippen molar-refractivity contribution in [2.24, 2.45) is 0 Å². The van der Waals surface area contributed by atoms with E-state index in [2.05, 4.69) is 49.7 Å². The molecule has 0 amide bonds. The number of imidazole rings is 1. The summed E-state index contributed by atoms with van der Waals surface area (Å²) >= 11 is 0. The molecule has 1 aromatic heterocycles. The molecule has 1 heterocycles. The van der Waals surface area contributed by atoms with Crippen LogP contribution in [0.4, 0.5) is 0 Å². The number of aromatic amines is 1. The zero-order chi connectivity index (χ0) is 11.4. The van der Waals surface area contributed by atoms with E-state index in [-0.39, 0.29) is 0 Å². The van der Waals surface area contributed by atoms with Gasteiger partial charge in [-0.2, -0.15) is 0 Å². The predicted molar refractivity (Wildman–Crippen MR) is 64.1 cm³/mol. The molecular formula is C12H23N3. The summed E-state index contributed by atoms with van der Waals surface area (Å²) in [6, 6.07) is 0. The van der Waals surface area contributed by atoms with Crippen LogP contribution in [0.25, 0.3) is 0 Å². The molecule has 1 aromatic rings. The van der Waals surface area contributed by atoms with E-state index in [1.54, 1.807) is 0 Å². The maximum Gasteiger partial charge on any atom is 0.109 e. The molecule has 86 valence electrons. The van der Waals surface area contributed by atoms with Crippen LogP contribution >= 0.6 is 0 Å². The SMILES string of the molecule is CCCc1nc(C(C)C)[nH]c1CN(C)C. The van der Waals surface area contributed by atoms with Crippen molar-refractivity contribution in [1.82, 2.24) is 14.9 Å². The minimum atomic E-state index is 0.483. The smallest absolute Gasteiger partial charge is 0.109 e. The number of nitrogens with zero attached hydrogens (tertiary/aromatic N) is 2. The first-order chi connectivity index (χ1) is 7.04. The minimum absolute atomic E-state index is 0.483. The summed E-state index contributed by atoms with van der Waals surface area (Å²) in [4.78, 5) is 10.3. The normalized spacial score (nSPS) is 11.7. The molecule has 0 unspecified atom stereocenters. The van der Waals surface area contributed by atoms with Crippen LogP contribution in [0.15, 0.2) is 0 Å². The van der Waals surface area contributed by atoms with Crippen LogP contribution in [0.1, 0.15) is 50.3 Å². The summed E-state index contributed by atoms with van der Waals surface area (Å²) < 4.78 is 0. The highest BCUT2D eigenvalue weighted by molar-refractivity contribution is 5.16. The predicted octanol–water partition coefficient (Wildman–Crippen LogP) is 2.55. The van der Waals surface area contributed by atoms with Gasteiger partial charge in [0.1, 0.15) is 5.82 Å². The monoisotopic (exact) mass is 209 g/mol. The van der Waals surface area contributed by atoms with Crippen molar-refractivity contribution < 1.29 is 0 Å². The fourth-order valence-corrected chi connectivity index (χ4v) is 1.63. The Kier molecular flexibility index (Phi) is 4.33. The molecule has 1 N–H and O–H groups in total. The molecule has 0 saturated carbocycles. The number of rotatable bonds is 5. The zero-order valence-electron chi connectivity index (χ0n) is 10.6. The Bertz CT molecular complexity index is 300. The first-order valence-corrected chi connectivity index (χ1v) is 5.77. The van der Waals surface area contributed by atoms with Crippen molar-refractivity contribution in [3.05, 3.63) is 17.2 Å². The molecule has 0 bridgehead atoms. The van der Waals surface area contributed by atoms with Crippen LogP contribution in [-0.4, -0.2) is 29.0 Å². The van der Waals surface area contributed by atoms with E-state index in [9.17, 15) is 0 Å². The van der Waals surface area contributed by atoms with Crippen molar-refractivity contribution >= 4 is 0 Å². The highest BCUT2D eigenvalue weighted by Crippen LogP contribution is 2.16. The summed E-state index contributed by atoms with van der Waals surface area (Å²) in [6.07, 6.45) is 2.23. The number of nitrogens with one attached hydrogen (secondary N) is 1. The minimum Gasteiger partial charge on any atom is -0.344 e. The Morgan fingerprint density at radius 2 is 2.00 bits per heavy atom. The first kappa shape index (κ1) is 12.2. The van der Waals surface area contributed by atoms with Gasteiger partial charge in [0.25, 0.3) is 0 Å². The van der Waals surface area contributed by atoms with Crippen LogP contribution < -0.4 is 0 Å². The van der Waals surface area contributed by atoms with Gasteiger partial charge < -0.3 is 9.88 Å². The lowest BCUT2D eigenvalue weighted by molar-refractivity contribution is 0.395. The van der Waals surface area contributed by atoms with E-state index in [1.807, 2.05) is 0 Å². The number of hydrogen-bond acceptors (Lipinski definition) is 2. The van der Waals surface area contributed by atoms with Crippen molar-refractivity contribution in [3.8, 4) is 0 Å². The van der Waals surface area contributed by atoms with Crippen LogP contribution in [0.3, 0.4) is 0 Å². The van der Waals surface area contributed by atoms with Gasteiger partial charge in [0.05, 0.1) is 11.4 Å². The lowest BCUT2D eigenvalue weighted by Crippen LogP contribution is -2.12. The summed E-state index contributed by atoms with van der Waals surface area (Å²) in [7, 11) is 4.18. The van der Waals surface area contributed by atoms with Crippen LogP contribution in [0, 0.1) is 0 Å². The fraction of sp³-hybridized carbons (Fsp3) is 0.750. The molecule has 1 rings (SSSR count). The molecule has 0 atom stereocenters. The second-order valence-corrected chi connectivity index (χ2v) is 4.69. The second kappa shape index (κ2) is 5.31. The molecule has 0 aliphatic rings.